The number of aromatic nitrogens is 2. The molecule has 0 saturated heterocycles. The van der Waals surface area contributed by atoms with Gasteiger partial charge < -0.3 is 14.7 Å². The Morgan fingerprint density at radius 2 is 1.33 bits per heavy atom. The molecule has 3 heteroatoms. The Morgan fingerprint density at radius 3 is 1.87 bits per heavy atom. The first kappa shape index (κ1) is 7.17. The van der Waals surface area contributed by atoms with Crippen molar-refractivity contribution in [2.75, 3.05) is 0 Å². The van der Waals surface area contributed by atoms with Crippen molar-refractivity contribution in [3.63, 3.8) is 0 Å². The van der Waals surface area contributed by atoms with Gasteiger partial charge in [-0.3, -0.25) is 0 Å². The van der Waals surface area contributed by atoms with E-state index in [-0.39, 0.29) is 0 Å². The molecule has 2 aliphatic heterocycles. The second-order valence-corrected chi connectivity index (χ2v) is 3.73. The summed E-state index contributed by atoms with van der Waals surface area (Å²) in [6, 6.07) is 4.06. The number of aromatic amines is 2. The lowest BCUT2D eigenvalue weighted by atomic mass is 10.2. The normalized spacial score (nSPS) is 16.0. The minimum absolute atomic E-state index is 0.915. The zero-order valence-corrected chi connectivity index (χ0v) is 7.87. The summed E-state index contributed by atoms with van der Waals surface area (Å²) >= 11 is 0. The van der Waals surface area contributed by atoms with Gasteiger partial charge in [0.05, 0.1) is 10.7 Å². The Hall–Kier alpha value is -2.16. The highest BCUT2D eigenvalue weighted by atomic mass is 16.5. The number of hydrogen-bond donors (Lipinski definition) is 2. The molecule has 2 aromatic rings. The van der Waals surface area contributed by atoms with Crippen LogP contribution in [0.15, 0.2) is 24.5 Å². The van der Waals surface area contributed by atoms with E-state index in [2.05, 4.69) is 9.97 Å². The molecule has 0 spiro atoms. The summed E-state index contributed by atoms with van der Waals surface area (Å²) in [5, 5.41) is 4.49. The number of nitrogens with one attached hydrogen (secondary N) is 2. The van der Waals surface area contributed by atoms with Crippen LogP contribution in [0.25, 0.3) is 23.7 Å². The number of hydrogen-bond acceptors (Lipinski definition) is 1. The van der Waals surface area contributed by atoms with Gasteiger partial charge >= 0.3 is 0 Å². The Bertz CT molecular complexity index is 721. The Kier molecular flexibility index (Phi) is 1.08. The molecule has 2 aliphatic rings. The van der Waals surface area contributed by atoms with Crippen molar-refractivity contribution in [3.05, 3.63) is 45.7 Å². The molecule has 2 aromatic heterocycles. The van der Waals surface area contributed by atoms with Crippen molar-refractivity contribution in [1.29, 1.82) is 0 Å². The Labute approximate surface area is 84.7 Å². The van der Waals surface area contributed by atoms with Crippen molar-refractivity contribution < 1.29 is 4.74 Å². The molecule has 3 nitrogen and oxygen atoms in total. The van der Waals surface area contributed by atoms with Crippen LogP contribution in [0.3, 0.4) is 0 Å². The number of ether oxygens (including phenoxy) is 1. The summed E-state index contributed by atoms with van der Waals surface area (Å²) in [7, 11) is 0. The molecule has 0 atom stereocenters. The zero-order chi connectivity index (χ0) is 9.83. The zero-order valence-electron chi connectivity index (χ0n) is 7.87. The highest BCUT2D eigenvalue weighted by Gasteiger charge is 2.13. The standard InChI is InChI=1S/C12H8N2O/c1-3-13-9-5-12-8-2-4-14-10(8)6-11(15-12)7(1)9/h1-6,13-14H. The first-order valence-corrected chi connectivity index (χ1v) is 4.88. The molecule has 2 bridgehead atoms. The Morgan fingerprint density at radius 1 is 0.800 bits per heavy atom. The molecule has 2 N–H and O–H groups in total. The summed E-state index contributed by atoms with van der Waals surface area (Å²) < 4.78 is 5.77. The highest BCUT2D eigenvalue weighted by molar-refractivity contribution is 5.85. The molecule has 0 unspecified atom stereocenters. The second kappa shape index (κ2) is 2.25. The van der Waals surface area contributed by atoms with Crippen molar-refractivity contribution in [3.8, 4) is 0 Å². The van der Waals surface area contributed by atoms with E-state index in [1.807, 2.05) is 36.7 Å². The molecule has 0 aliphatic carbocycles. The quantitative estimate of drug-likeness (QED) is 0.549. The minimum Gasteiger partial charge on any atom is -0.456 e. The SMILES string of the molecule is C1=c2[nH]ccc2=C2C=c3[nH]ccc3=C1O2. The molecular formula is C12H8N2O. The molecule has 4 rings (SSSR count). The van der Waals surface area contributed by atoms with Crippen LogP contribution in [0, 0.1) is 0 Å². The number of rotatable bonds is 0. The van der Waals surface area contributed by atoms with E-state index in [0.29, 0.717) is 0 Å². The van der Waals surface area contributed by atoms with Gasteiger partial charge in [0.1, 0.15) is 11.5 Å². The molecule has 0 radical (unpaired) electrons. The van der Waals surface area contributed by atoms with Crippen LogP contribution in [0.4, 0.5) is 0 Å². The third-order valence-electron chi connectivity index (χ3n) is 2.86. The highest BCUT2D eigenvalue weighted by Crippen LogP contribution is 2.12. The van der Waals surface area contributed by atoms with Crippen LogP contribution in [0.5, 0.6) is 0 Å². The molecule has 15 heavy (non-hydrogen) atoms. The summed E-state index contributed by atoms with van der Waals surface area (Å²) in [5.74, 6) is 1.83. The van der Waals surface area contributed by atoms with Gasteiger partial charge in [0, 0.05) is 35.0 Å². The number of H-pyrrole nitrogens is 2. The average molecular weight is 196 g/mol. The van der Waals surface area contributed by atoms with Gasteiger partial charge in [-0.15, -0.1) is 0 Å². The summed E-state index contributed by atoms with van der Waals surface area (Å²) in [6.07, 6.45) is 7.94. The van der Waals surface area contributed by atoms with Crippen molar-refractivity contribution in [2.24, 2.45) is 0 Å². The van der Waals surface area contributed by atoms with Gasteiger partial charge in [-0.1, -0.05) is 0 Å². The van der Waals surface area contributed by atoms with Crippen molar-refractivity contribution in [1.82, 2.24) is 9.97 Å². The van der Waals surface area contributed by atoms with Crippen molar-refractivity contribution in [2.45, 2.75) is 0 Å². The molecule has 0 aromatic carbocycles. The fourth-order valence-electron chi connectivity index (χ4n) is 2.14. The first-order chi connectivity index (χ1) is 7.42. The summed E-state index contributed by atoms with van der Waals surface area (Å²) in [4.78, 5) is 6.40. The first-order valence-electron chi connectivity index (χ1n) is 4.88. The monoisotopic (exact) mass is 196 g/mol. The molecule has 4 heterocycles. The topological polar surface area (TPSA) is 40.8 Å². The van der Waals surface area contributed by atoms with E-state index in [4.69, 9.17) is 4.74 Å². The fourth-order valence-corrected chi connectivity index (χ4v) is 2.14. The van der Waals surface area contributed by atoms with Gasteiger partial charge in [-0.05, 0) is 12.1 Å². The molecule has 72 valence electrons. The van der Waals surface area contributed by atoms with Crippen LogP contribution < -0.4 is 21.1 Å². The number of fused-ring (bicyclic) bond motifs is 4. The van der Waals surface area contributed by atoms with E-state index < -0.39 is 0 Å². The van der Waals surface area contributed by atoms with Crippen LogP contribution >= 0.6 is 0 Å². The maximum atomic E-state index is 5.77. The van der Waals surface area contributed by atoms with Gasteiger partial charge in [0.25, 0.3) is 0 Å². The van der Waals surface area contributed by atoms with E-state index in [0.717, 1.165) is 32.7 Å². The summed E-state index contributed by atoms with van der Waals surface area (Å²) in [6.45, 7) is 0. The van der Waals surface area contributed by atoms with Gasteiger partial charge in [0.2, 0.25) is 0 Å². The van der Waals surface area contributed by atoms with Crippen LogP contribution in [-0.2, 0) is 4.74 Å². The molecule has 0 fully saturated rings. The summed E-state index contributed by atoms with van der Waals surface area (Å²) in [5.41, 5.74) is 0. The van der Waals surface area contributed by atoms with Crippen LogP contribution in [0.1, 0.15) is 0 Å². The third kappa shape index (κ3) is 0.801. The lowest BCUT2D eigenvalue weighted by Gasteiger charge is -2.13. The van der Waals surface area contributed by atoms with E-state index in [1.54, 1.807) is 0 Å². The van der Waals surface area contributed by atoms with E-state index in [1.165, 1.54) is 0 Å². The van der Waals surface area contributed by atoms with E-state index >= 15 is 0 Å². The van der Waals surface area contributed by atoms with Crippen molar-refractivity contribution >= 4 is 23.7 Å². The van der Waals surface area contributed by atoms with Crippen LogP contribution in [0.2, 0.25) is 0 Å². The minimum atomic E-state index is 0.915. The third-order valence-corrected chi connectivity index (χ3v) is 2.86. The van der Waals surface area contributed by atoms with Gasteiger partial charge in [0.15, 0.2) is 0 Å². The fraction of sp³-hybridized carbons (Fsp3) is 0. The predicted molar refractivity (Wildman–Crippen MR) is 56.9 cm³/mol. The van der Waals surface area contributed by atoms with Crippen LogP contribution in [-0.4, -0.2) is 9.97 Å². The Balaban J connectivity index is 2.37. The molecule has 0 amide bonds. The molecule has 0 saturated carbocycles. The lowest BCUT2D eigenvalue weighted by Crippen LogP contribution is -2.37. The molecular weight excluding hydrogens is 188 g/mol. The maximum Gasteiger partial charge on any atom is 0.138 e. The second-order valence-electron chi connectivity index (χ2n) is 3.73. The van der Waals surface area contributed by atoms with E-state index in [9.17, 15) is 0 Å². The van der Waals surface area contributed by atoms with Gasteiger partial charge in [-0.2, -0.15) is 0 Å². The smallest absolute Gasteiger partial charge is 0.138 e. The lowest BCUT2D eigenvalue weighted by molar-refractivity contribution is 0.474. The largest absolute Gasteiger partial charge is 0.456 e. The maximum absolute atomic E-state index is 5.77. The predicted octanol–water partition coefficient (Wildman–Crippen LogP) is -1.14. The average Bonchev–Trinajstić information content (AvgIpc) is 2.84. The van der Waals surface area contributed by atoms with Gasteiger partial charge in [-0.25, -0.2) is 0 Å².